The minimum atomic E-state index is -4.70. The van der Waals surface area contributed by atoms with Crippen molar-refractivity contribution >= 4 is 23.5 Å². The van der Waals surface area contributed by atoms with Gasteiger partial charge < -0.3 is 16.8 Å². The third-order valence-corrected chi connectivity index (χ3v) is 4.78. The van der Waals surface area contributed by atoms with Gasteiger partial charge in [0.15, 0.2) is 0 Å². The lowest BCUT2D eigenvalue weighted by atomic mass is 10.0. The molecule has 2 aromatic heterocycles. The first kappa shape index (κ1) is 24.5. The van der Waals surface area contributed by atoms with Crippen LogP contribution >= 0.6 is 0 Å². The molecule has 0 aliphatic rings. The van der Waals surface area contributed by atoms with Gasteiger partial charge >= 0.3 is 12.4 Å². The highest BCUT2D eigenvalue weighted by molar-refractivity contribution is 6.05. The zero-order valence-electron chi connectivity index (χ0n) is 17.2. The van der Waals surface area contributed by atoms with Crippen molar-refractivity contribution in [1.82, 2.24) is 14.8 Å². The predicted molar refractivity (Wildman–Crippen MR) is 109 cm³/mol. The Bertz CT molecular complexity index is 1230. The van der Waals surface area contributed by atoms with Crippen LogP contribution in [0.4, 0.5) is 38.0 Å². The van der Waals surface area contributed by atoms with Crippen LogP contribution in [0.3, 0.4) is 0 Å². The van der Waals surface area contributed by atoms with Gasteiger partial charge in [-0.3, -0.25) is 9.59 Å². The lowest BCUT2D eigenvalue weighted by Gasteiger charge is -2.17. The van der Waals surface area contributed by atoms with Gasteiger partial charge in [0, 0.05) is 17.3 Å². The summed E-state index contributed by atoms with van der Waals surface area (Å²) in [5.41, 5.74) is 9.42. The number of amides is 2. The Kier molecular flexibility index (Phi) is 6.27. The zero-order chi connectivity index (χ0) is 25.4. The molecule has 180 valence electrons. The molecule has 0 aliphatic carbocycles. The first-order valence-corrected chi connectivity index (χ1v) is 9.39. The number of nitrogens with two attached hydrogens (primary N) is 2. The van der Waals surface area contributed by atoms with Crippen LogP contribution in [-0.4, -0.2) is 32.8 Å². The van der Waals surface area contributed by atoms with Gasteiger partial charge in [0.2, 0.25) is 0 Å². The van der Waals surface area contributed by atoms with Crippen molar-refractivity contribution in [2.75, 3.05) is 11.1 Å². The number of nitrogens with one attached hydrogen (secondary N) is 1. The molecule has 1 aromatic carbocycles. The van der Waals surface area contributed by atoms with E-state index in [1.807, 2.05) is 0 Å². The maximum atomic E-state index is 13.1. The number of nitrogens with zero attached hydrogens (tertiary/aromatic N) is 3. The summed E-state index contributed by atoms with van der Waals surface area (Å²) in [7, 11) is 0. The Morgan fingerprint density at radius 3 is 2.21 bits per heavy atom. The highest BCUT2D eigenvalue weighted by Crippen LogP contribution is 2.35. The van der Waals surface area contributed by atoms with Crippen molar-refractivity contribution in [3.8, 4) is 11.3 Å². The van der Waals surface area contributed by atoms with Crippen molar-refractivity contribution in [1.29, 1.82) is 0 Å². The molecule has 14 heteroatoms. The normalized spacial score (nSPS) is 12.9. The standard InChI is InChI=1S/C20H16F6N6O2/c1-9(19(21,22)23)32-16(27)14(17(28)33)15(31-32)10-2-4-11(5-3-10)18(34)30-13-8-12(6-7-29-13)20(24,25)26/h2-9H,27H2,1H3,(H2,28,33)(H,29,30,34). The Labute approximate surface area is 187 Å². The van der Waals surface area contributed by atoms with E-state index in [0.717, 1.165) is 19.2 Å². The number of benzene rings is 1. The number of nitrogen functional groups attached to an aromatic ring is 1. The highest BCUT2D eigenvalue weighted by Gasteiger charge is 2.40. The SMILES string of the molecule is CC(n1nc(-c2ccc(C(=O)Nc3cc(C(F)(F)F)ccn3)cc2)c(C(N)=O)c1N)C(F)(F)F. The fourth-order valence-electron chi connectivity index (χ4n) is 2.97. The Balaban J connectivity index is 1.90. The maximum Gasteiger partial charge on any atom is 0.416 e. The van der Waals surface area contributed by atoms with Crippen LogP contribution in [0.2, 0.25) is 0 Å². The molecule has 0 saturated heterocycles. The fourth-order valence-corrected chi connectivity index (χ4v) is 2.97. The number of rotatable bonds is 5. The first-order valence-electron chi connectivity index (χ1n) is 9.39. The van der Waals surface area contributed by atoms with Gasteiger partial charge in [-0.1, -0.05) is 12.1 Å². The zero-order valence-corrected chi connectivity index (χ0v) is 17.2. The molecule has 0 spiro atoms. The number of anilines is 2. The third-order valence-electron chi connectivity index (χ3n) is 4.78. The van der Waals surface area contributed by atoms with Crippen molar-refractivity contribution in [2.24, 2.45) is 5.73 Å². The van der Waals surface area contributed by atoms with Crippen LogP contribution in [-0.2, 0) is 6.18 Å². The molecule has 1 atom stereocenters. The van der Waals surface area contributed by atoms with E-state index in [4.69, 9.17) is 11.5 Å². The summed E-state index contributed by atoms with van der Waals surface area (Å²) in [5, 5.41) is 6.01. The molecule has 0 bridgehead atoms. The van der Waals surface area contributed by atoms with E-state index in [-0.39, 0.29) is 22.6 Å². The summed E-state index contributed by atoms with van der Waals surface area (Å²) in [6.45, 7) is 0.799. The Hall–Kier alpha value is -4.10. The fraction of sp³-hybridized carbons (Fsp3) is 0.200. The number of hydrogen-bond acceptors (Lipinski definition) is 5. The van der Waals surface area contributed by atoms with Gasteiger partial charge in [-0.2, -0.15) is 31.4 Å². The second-order valence-corrected chi connectivity index (χ2v) is 7.09. The third kappa shape index (κ3) is 4.94. The molecule has 8 nitrogen and oxygen atoms in total. The van der Waals surface area contributed by atoms with E-state index in [1.165, 1.54) is 24.3 Å². The van der Waals surface area contributed by atoms with Gasteiger partial charge in [0.05, 0.1) is 5.56 Å². The monoisotopic (exact) mass is 486 g/mol. The van der Waals surface area contributed by atoms with Crippen LogP contribution < -0.4 is 16.8 Å². The molecular weight excluding hydrogens is 470 g/mol. The average molecular weight is 486 g/mol. The summed E-state index contributed by atoms with van der Waals surface area (Å²) in [6, 6.07) is 4.24. The largest absolute Gasteiger partial charge is 0.416 e. The van der Waals surface area contributed by atoms with E-state index in [1.54, 1.807) is 0 Å². The van der Waals surface area contributed by atoms with Crippen molar-refractivity contribution in [3.05, 3.63) is 59.3 Å². The molecule has 1 unspecified atom stereocenters. The Morgan fingerprint density at radius 2 is 1.68 bits per heavy atom. The van der Waals surface area contributed by atoms with E-state index in [0.29, 0.717) is 10.7 Å². The Morgan fingerprint density at radius 1 is 1.06 bits per heavy atom. The molecule has 3 rings (SSSR count). The van der Waals surface area contributed by atoms with E-state index in [2.05, 4.69) is 15.4 Å². The molecule has 5 N–H and O–H groups in total. The minimum Gasteiger partial charge on any atom is -0.383 e. The number of pyridine rings is 1. The first-order chi connectivity index (χ1) is 15.7. The summed E-state index contributed by atoms with van der Waals surface area (Å²) in [5.74, 6) is -2.83. The van der Waals surface area contributed by atoms with Gasteiger partial charge in [-0.25, -0.2) is 9.67 Å². The van der Waals surface area contributed by atoms with Crippen LogP contribution in [0.1, 0.15) is 39.2 Å². The highest BCUT2D eigenvalue weighted by atomic mass is 19.4. The summed E-state index contributed by atoms with van der Waals surface area (Å²) < 4.78 is 78.3. The van der Waals surface area contributed by atoms with Gasteiger partial charge in [-0.05, 0) is 31.2 Å². The number of hydrogen-bond donors (Lipinski definition) is 3. The summed E-state index contributed by atoms with van der Waals surface area (Å²) in [6.07, 6.45) is -8.45. The minimum absolute atomic E-state index is 0.0142. The predicted octanol–water partition coefficient (Wildman–Crippen LogP) is 4.02. The smallest absolute Gasteiger partial charge is 0.383 e. The van der Waals surface area contributed by atoms with E-state index < -0.39 is 47.2 Å². The quantitative estimate of drug-likeness (QED) is 0.469. The van der Waals surface area contributed by atoms with E-state index in [9.17, 15) is 35.9 Å². The van der Waals surface area contributed by atoms with Gasteiger partial charge in [-0.15, -0.1) is 0 Å². The van der Waals surface area contributed by atoms with E-state index >= 15 is 0 Å². The number of carbonyl (C=O) groups excluding carboxylic acids is 2. The number of halogens is 6. The second kappa shape index (κ2) is 8.68. The van der Waals surface area contributed by atoms with Crippen LogP contribution in [0.15, 0.2) is 42.6 Å². The molecule has 0 saturated carbocycles. The molecule has 3 aromatic rings. The number of primary amides is 1. The molecule has 34 heavy (non-hydrogen) atoms. The molecular formula is C20H16F6N6O2. The molecule has 0 radical (unpaired) electrons. The van der Waals surface area contributed by atoms with Crippen LogP contribution in [0.5, 0.6) is 0 Å². The van der Waals surface area contributed by atoms with Crippen molar-refractivity contribution < 1.29 is 35.9 Å². The number of aromatic nitrogens is 3. The molecule has 2 heterocycles. The summed E-state index contributed by atoms with van der Waals surface area (Å²) in [4.78, 5) is 27.9. The topological polar surface area (TPSA) is 129 Å². The molecule has 0 fully saturated rings. The second-order valence-electron chi connectivity index (χ2n) is 7.09. The van der Waals surface area contributed by atoms with Crippen molar-refractivity contribution in [3.63, 3.8) is 0 Å². The molecule has 2 amide bonds. The number of alkyl halides is 6. The maximum absolute atomic E-state index is 13.1. The average Bonchev–Trinajstić information content (AvgIpc) is 3.09. The lowest BCUT2D eigenvalue weighted by Crippen LogP contribution is -2.26. The van der Waals surface area contributed by atoms with Gasteiger partial charge in [0.25, 0.3) is 11.8 Å². The van der Waals surface area contributed by atoms with Crippen LogP contribution in [0, 0.1) is 0 Å². The van der Waals surface area contributed by atoms with Crippen LogP contribution in [0.25, 0.3) is 11.3 Å². The van der Waals surface area contributed by atoms with Gasteiger partial charge in [0.1, 0.15) is 28.9 Å². The van der Waals surface area contributed by atoms with Crippen molar-refractivity contribution in [2.45, 2.75) is 25.3 Å². The molecule has 0 aliphatic heterocycles. The lowest BCUT2D eigenvalue weighted by molar-refractivity contribution is -0.164. The number of carbonyl (C=O) groups is 2. The summed E-state index contributed by atoms with van der Waals surface area (Å²) >= 11 is 0.